The zero-order valence-electron chi connectivity index (χ0n) is 11.1. The minimum atomic E-state index is -0.191. The number of thiophene rings is 1. The minimum absolute atomic E-state index is 0.0650. The lowest BCUT2D eigenvalue weighted by molar-refractivity contribution is -0.131. The summed E-state index contributed by atoms with van der Waals surface area (Å²) in [6, 6.07) is 3.92. The number of halogens is 1. The van der Waals surface area contributed by atoms with Crippen LogP contribution in [0.25, 0.3) is 6.08 Å². The summed E-state index contributed by atoms with van der Waals surface area (Å²) >= 11 is 4.90. The quantitative estimate of drug-likeness (QED) is 0.834. The van der Waals surface area contributed by atoms with Crippen LogP contribution in [0.2, 0.25) is 0 Å². The highest BCUT2D eigenvalue weighted by Gasteiger charge is 2.10. The van der Waals surface area contributed by atoms with Gasteiger partial charge in [0.05, 0.1) is 10.3 Å². The fourth-order valence-electron chi connectivity index (χ4n) is 1.36. The molecule has 1 heterocycles. The van der Waals surface area contributed by atoms with E-state index in [0.717, 1.165) is 8.66 Å². The molecule has 0 saturated carbocycles. The van der Waals surface area contributed by atoms with E-state index in [4.69, 9.17) is 0 Å². The van der Waals surface area contributed by atoms with E-state index in [9.17, 15) is 9.59 Å². The zero-order chi connectivity index (χ0) is 14.4. The van der Waals surface area contributed by atoms with Crippen LogP contribution >= 0.6 is 27.3 Å². The number of hydrogen-bond donors (Lipinski definition) is 1. The molecule has 6 heteroatoms. The van der Waals surface area contributed by atoms with E-state index in [1.807, 2.05) is 26.0 Å². The Morgan fingerprint density at radius 1 is 1.47 bits per heavy atom. The number of nitrogens with zero attached hydrogens (tertiary/aromatic N) is 1. The Hall–Kier alpha value is -1.14. The molecule has 0 aliphatic carbocycles. The summed E-state index contributed by atoms with van der Waals surface area (Å²) in [7, 11) is 1.61. The van der Waals surface area contributed by atoms with Crippen molar-refractivity contribution in [3.8, 4) is 0 Å². The van der Waals surface area contributed by atoms with E-state index < -0.39 is 0 Å². The number of amides is 2. The van der Waals surface area contributed by atoms with Gasteiger partial charge in [0, 0.05) is 24.0 Å². The van der Waals surface area contributed by atoms with Gasteiger partial charge in [0.15, 0.2) is 0 Å². The second-order valence-electron chi connectivity index (χ2n) is 4.39. The Labute approximate surface area is 125 Å². The fraction of sp³-hybridized carbons (Fsp3) is 0.385. The van der Waals surface area contributed by atoms with Crippen molar-refractivity contribution in [2.24, 2.45) is 0 Å². The Balaban J connectivity index is 2.48. The molecule has 1 aromatic heterocycles. The first-order valence-corrected chi connectivity index (χ1v) is 7.47. The average Bonchev–Trinajstić information content (AvgIpc) is 2.70. The molecule has 104 valence electrons. The Kier molecular flexibility index (Phi) is 6.24. The van der Waals surface area contributed by atoms with Crippen molar-refractivity contribution in [2.75, 3.05) is 13.6 Å². The number of nitrogens with one attached hydrogen (secondary N) is 1. The maximum Gasteiger partial charge on any atom is 0.246 e. The van der Waals surface area contributed by atoms with Crippen LogP contribution in [0.3, 0.4) is 0 Å². The monoisotopic (exact) mass is 344 g/mol. The van der Waals surface area contributed by atoms with Crippen LogP contribution in [0.4, 0.5) is 0 Å². The van der Waals surface area contributed by atoms with Gasteiger partial charge >= 0.3 is 0 Å². The second-order valence-corrected chi connectivity index (χ2v) is 6.89. The van der Waals surface area contributed by atoms with Crippen LogP contribution in [0.5, 0.6) is 0 Å². The Morgan fingerprint density at radius 3 is 2.68 bits per heavy atom. The number of rotatable bonds is 5. The van der Waals surface area contributed by atoms with Gasteiger partial charge in [-0.3, -0.25) is 9.59 Å². The number of carbonyl (C=O) groups is 2. The summed E-state index contributed by atoms with van der Waals surface area (Å²) in [5.41, 5.74) is 0. The lowest BCUT2D eigenvalue weighted by Gasteiger charge is -2.16. The van der Waals surface area contributed by atoms with Crippen molar-refractivity contribution in [2.45, 2.75) is 19.9 Å². The van der Waals surface area contributed by atoms with Crippen LogP contribution in [-0.2, 0) is 9.59 Å². The van der Waals surface area contributed by atoms with E-state index in [1.54, 1.807) is 24.5 Å². The Bertz CT molecular complexity index is 483. The van der Waals surface area contributed by atoms with Crippen LogP contribution < -0.4 is 5.32 Å². The summed E-state index contributed by atoms with van der Waals surface area (Å²) in [6.45, 7) is 3.83. The average molecular weight is 345 g/mol. The molecule has 1 rings (SSSR count). The second kappa shape index (κ2) is 7.45. The van der Waals surface area contributed by atoms with Crippen LogP contribution in [0, 0.1) is 0 Å². The zero-order valence-corrected chi connectivity index (χ0v) is 13.5. The molecule has 0 unspecified atom stereocenters. The van der Waals surface area contributed by atoms with Crippen molar-refractivity contribution in [1.82, 2.24) is 10.2 Å². The maximum atomic E-state index is 11.8. The first-order valence-electron chi connectivity index (χ1n) is 5.86. The van der Waals surface area contributed by atoms with Gasteiger partial charge in [-0.2, -0.15) is 0 Å². The van der Waals surface area contributed by atoms with Crippen LogP contribution in [0.15, 0.2) is 22.0 Å². The SMILES string of the molecule is CC(C)NC(=O)CN(C)C(=O)/C=C/c1ccc(Br)s1. The third-order valence-electron chi connectivity index (χ3n) is 2.19. The summed E-state index contributed by atoms with van der Waals surface area (Å²) in [6.07, 6.45) is 3.22. The molecule has 0 saturated heterocycles. The van der Waals surface area contributed by atoms with Gasteiger partial charge < -0.3 is 10.2 Å². The summed E-state index contributed by atoms with van der Waals surface area (Å²) in [4.78, 5) is 25.7. The van der Waals surface area contributed by atoms with E-state index in [-0.39, 0.29) is 24.4 Å². The minimum Gasteiger partial charge on any atom is -0.352 e. The molecule has 0 aromatic carbocycles. The summed E-state index contributed by atoms with van der Waals surface area (Å²) < 4.78 is 1.02. The normalized spacial score (nSPS) is 11.0. The van der Waals surface area contributed by atoms with Crippen molar-refractivity contribution < 1.29 is 9.59 Å². The highest BCUT2D eigenvalue weighted by Crippen LogP contribution is 2.22. The first-order chi connectivity index (χ1) is 8.88. The molecular weight excluding hydrogens is 328 g/mol. The molecule has 4 nitrogen and oxygen atoms in total. The van der Waals surface area contributed by atoms with Crippen LogP contribution in [-0.4, -0.2) is 36.3 Å². The Morgan fingerprint density at radius 2 is 2.16 bits per heavy atom. The fourth-order valence-corrected chi connectivity index (χ4v) is 2.69. The van der Waals surface area contributed by atoms with E-state index in [1.165, 1.54) is 11.0 Å². The number of hydrogen-bond acceptors (Lipinski definition) is 3. The van der Waals surface area contributed by atoms with Crippen molar-refractivity contribution >= 4 is 45.2 Å². The van der Waals surface area contributed by atoms with Gasteiger partial charge in [-0.05, 0) is 48.0 Å². The van der Waals surface area contributed by atoms with Gasteiger partial charge in [0.2, 0.25) is 11.8 Å². The summed E-state index contributed by atoms with van der Waals surface area (Å²) in [5.74, 6) is -0.346. The van der Waals surface area contributed by atoms with Crippen molar-refractivity contribution in [3.05, 3.63) is 26.9 Å². The van der Waals surface area contributed by atoms with Gasteiger partial charge in [-0.15, -0.1) is 11.3 Å². The van der Waals surface area contributed by atoms with E-state index >= 15 is 0 Å². The molecule has 0 bridgehead atoms. The number of carbonyl (C=O) groups excluding carboxylic acids is 2. The molecule has 1 N–H and O–H groups in total. The van der Waals surface area contributed by atoms with Gasteiger partial charge in [-0.25, -0.2) is 0 Å². The predicted octanol–water partition coefficient (Wildman–Crippen LogP) is 2.51. The van der Waals surface area contributed by atoms with E-state index in [2.05, 4.69) is 21.2 Å². The lowest BCUT2D eigenvalue weighted by atomic mass is 10.3. The molecule has 0 aliphatic heterocycles. The van der Waals surface area contributed by atoms with Gasteiger partial charge in [-0.1, -0.05) is 0 Å². The van der Waals surface area contributed by atoms with Crippen LogP contribution in [0.1, 0.15) is 18.7 Å². The third-order valence-corrected chi connectivity index (χ3v) is 3.78. The molecule has 19 heavy (non-hydrogen) atoms. The molecule has 0 fully saturated rings. The van der Waals surface area contributed by atoms with Crippen molar-refractivity contribution in [1.29, 1.82) is 0 Å². The maximum absolute atomic E-state index is 11.8. The molecule has 0 atom stereocenters. The van der Waals surface area contributed by atoms with E-state index in [0.29, 0.717) is 0 Å². The van der Waals surface area contributed by atoms with Gasteiger partial charge in [0.1, 0.15) is 0 Å². The summed E-state index contributed by atoms with van der Waals surface area (Å²) in [5, 5.41) is 2.74. The highest BCUT2D eigenvalue weighted by molar-refractivity contribution is 9.11. The molecule has 0 spiro atoms. The lowest BCUT2D eigenvalue weighted by Crippen LogP contribution is -2.40. The highest BCUT2D eigenvalue weighted by atomic mass is 79.9. The van der Waals surface area contributed by atoms with Gasteiger partial charge in [0.25, 0.3) is 0 Å². The third kappa shape index (κ3) is 6.02. The smallest absolute Gasteiger partial charge is 0.246 e. The first kappa shape index (κ1) is 15.9. The largest absolute Gasteiger partial charge is 0.352 e. The van der Waals surface area contributed by atoms with Crippen molar-refractivity contribution in [3.63, 3.8) is 0 Å². The molecule has 0 aliphatic rings. The molecule has 1 aromatic rings. The predicted molar refractivity (Wildman–Crippen MR) is 82.0 cm³/mol. The molecular formula is C13H17BrN2O2S. The standard InChI is InChI=1S/C13H17BrN2O2S/c1-9(2)15-12(17)8-16(3)13(18)7-5-10-4-6-11(14)19-10/h4-7,9H,8H2,1-3H3,(H,15,17)/b7-5+. The molecule has 2 amide bonds. The number of likely N-dealkylation sites (N-methyl/N-ethyl adjacent to an activating group) is 1. The topological polar surface area (TPSA) is 49.4 Å². The molecule has 0 radical (unpaired) electrons.